The Bertz CT molecular complexity index is 409. The lowest BCUT2D eigenvalue weighted by Gasteiger charge is -2.45. The average Bonchev–Trinajstić information content (AvgIpc) is 2.44. The highest BCUT2D eigenvalue weighted by Crippen LogP contribution is 2.51. The topological polar surface area (TPSA) is 20.2 Å². The van der Waals surface area contributed by atoms with E-state index in [1.165, 1.54) is 25.7 Å². The van der Waals surface area contributed by atoms with Crippen LogP contribution in [0.5, 0.6) is 0 Å². The molecule has 2 aliphatic carbocycles. The van der Waals surface area contributed by atoms with Gasteiger partial charge in [0, 0.05) is 0 Å². The smallest absolute Gasteiger partial charge is 0.111 e. The highest BCUT2D eigenvalue weighted by molar-refractivity contribution is 5.21. The van der Waals surface area contributed by atoms with Crippen LogP contribution in [-0.2, 0) is 0 Å². The maximum absolute atomic E-state index is 9.51. The molecular formula is C19H28O. The Morgan fingerprint density at radius 1 is 1.25 bits per heavy atom. The first-order valence-corrected chi connectivity index (χ1v) is 7.84. The molecule has 20 heavy (non-hydrogen) atoms. The Hall–Kier alpha value is -1.24. The summed E-state index contributed by atoms with van der Waals surface area (Å²) in [6.45, 7) is 10.2. The van der Waals surface area contributed by atoms with Gasteiger partial charge >= 0.3 is 0 Å². The molecule has 0 aromatic carbocycles. The summed E-state index contributed by atoms with van der Waals surface area (Å²) in [5.41, 5.74) is 0.632. The van der Waals surface area contributed by atoms with E-state index in [1.54, 1.807) is 0 Å². The largest absolute Gasteiger partial charge is 0.508 e. The first-order chi connectivity index (χ1) is 9.53. The van der Waals surface area contributed by atoms with Gasteiger partial charge in [-0.1, -0.05) is 25.2 Å². The van der Waals surface area contributed by atoms with E-state index in [1.807, 2.05) is 12.2 Å². The predicted octanol–water partition coefficient (Wildman–Crippen LogP) is 5.72. The van der Waals surface area contributed by atoms with E-state index < -0.39 is 0 Å². The van der Waals surface area contributed by atoms with Crippen molar-refractivity contribution in [2.75, 3.05) is 0 Å². The van der Waals surface area contributed by atoms with Gasteiger partial charge in [0.15, 0.2) is 0 Å². The molecule has 1 fully saturated rings. The summed E-state index contributed by atoms with van der Waals surface area (Å²) in [6.07, 6.45) is 18.5. The van der Waals surface area contributed by atoms with Crippen molar-refractivity contribution in [2.24, 2.45) is 16.7 Å². The van der Waals surface area contributed by atoms with E-state index in [9.17, 15) is 5.11 Å². The van der Waals surface area contributed by atoms with E-state index in [0.717, 1.165) is 25.2 Å². The number of aliphatic hydroxyl groups excluding tert-OH is 1. The summed E-state index contributed by atoms with van der Waals surface area (Å²) in [5, 5.41) is 9.51. The molecule has 1 N–H and O–H groups in total. The molecule has 0 bridgehead atoms. The lowest BCUT2D eigenvalue weighted by molar-refractivity contribution is 0.0955. The van der Waals surface area contributed by atoms with Crippen LogP contribution < -0.4 is 0 Å². The van der Waals surface area contributed by atoms with Crippen molar-refractivity contribution in [1.29, 1.82) is 0 Å². The molecule has 110 valence electrons. The van der Waals surface area contributed by atoms with E-state index in [0.29, 0.717) is 11.2 Å². The van der Waals surface area contributed by atoms with Crippen LogP contribution >= 0.6 is 0 Å². The lowest BCUT2D eigenvalue weighted by Crippen LogP contribution is -2.34. The number of aliphatic hydroxyl groups is 1. The maximum Gasteiger partial charge on any atom is 0.111 e. The van der Waals surface area contributed by atoms with Crippen molar-refractivity contribution in [3.05, 3.63) is 49.3 Å². The molecule has 0 radical (unpaired) electrons. The van der Waals surface area contributed by atoms with Crippen molar-refractivity contribution >= 4 is 0 Å². The van der Waals surface area contributed by atoms with Crippen molar-refractivity contribution in [2.45, 2.75) is 51.9 Å². The van der Waals surface area contributed by atoms with Crippen LogP contribution in [0.2, 0.25) is 0 Å². The van der Waals surface area contributed by atoms with Gasteiger partial charge in [-0.15, -0.1) is 13.2 Å². The zero-order chi connectivity index (χ0) is 14.6. The van der Waals surface area contributed by atoms with Crippen LogP contribution in [-0.4, -0.2) is 5.11 Å². The molecule has 0 saturated heterocycles. The zero-order valence-electron chi connectivity index (χ0n) is 12.8. The van der Waals surface area contributed by atoms with Crippen LogP contribution in [0, 0.1) is 16.7 Å². The van der Waals surface area contributed by atoms with Crippen molar-refractivity contribution < 1.29 is 5.11 Å². The molecule has 0 aromatic rings. The first kappa shape index (κ1) is 15.2. The molecule has 2 aliphatic rings. The summed E-state index contributed by atoms with van der Waals surface area (Å²) >= 11 is 0. The summed E-state index contributed by atoms with van der Waals surface area (Å²) in [6, 6.07) is 0. The molecule has 0 spiro atoms. The Labute approximate surface area is 123 Å². The lowest BCUT2D eigenvalue weighted by atomic mass is 9.59. The maximum atomic E-state index is 9.51. The average molecular weight is 272 g/mol. The Morgan fingerprint density at radius 2 is 1.85 bits per heavy atom. The summed E-state index contributed by atoms with van der Waals surface area (Å²) < 4.78 is 0. The van der Waals surface area contributed by atoms with Gasteiger partial charge in [-0.3, -0.25) is 0 Å². The molecule has 0 heterocycles. The molecule has 1 saturated carbocycles. The van der Waals surface area contributed by atoms with E-state index in [4.69, 9.17) is 0 Å². The van der Waals surface area contributed by atoms with Crippen LogP contribution in [0.4, 0.5) is 0 Å². The molecular weight excluding hydrogens is 244 g/mol. The van der Waals surface area contributed by atoms with E-state index in [2.05, 4.69) is 38.3 Å². The van der Waals surface area contributed by atoms with Crippen molar-refractivity contribution in [3.8, 4) is 0 Å². The van der Waals surface area contributed by atoms with Gasteiger partial charge in [0.25, 0.3) is 0 Å². The molecule has 0 amide bonds. The van der Waals surface area contributed by atoms with E-state index >= 15 is 0 Å². The third-order valence-corrected chi connectivity index (χ3v) is 5.52. The van der Waals surface area contributed by atoms with Gasteiger partial charge < -0.3 is 5.11 Å². The predicted molar refractivity (Wildman–Crippen MR) is 86.6 cm³/mol. The van der Waals surface area contributed by atoms with Crippen LogP contribution in [0.15, 0.2) is 49.3 Å². The second-order valence-corrected chi connectivity index (χ2v) is 6.93. The minimum absolute atomic E-state index is 0.223. The molecule has 1 nitrogen and oxygen atoms in total. The first-order valence-electron chi connectivity index (χ1n) is 7.84. The summed E-state index contributed by atoms with van der Waals surface area (Å²) in [4.78, 5) is 0. The second kappa shape index (κ2) is 6.03. The van der Waals surface area contributed by atoms with Gasteiger partial charge in [-0.05, 0) is 73.8 Å². The monoisotopic (exact) mass is 272 g/mol. The fourth-order valence-electron chi connectivity index (χ4n) is 4.03. The normalized spacial score (nSPS) is 29.8. The number of hydrogen-bond donors (Lipinski definition) is 1. The third-order valence-electron chi connectivity index (χ3n) is 5.52. The van der Waals surface area contributed by atoms with Gasteiger partial charge in [0.05, 0.1) is 0 Å². The Morgan fingerprint density at radius 3 is 2.30 bits per heavy atom. The zero-order valence-corrected chi connectivity index (χ0v) is 12.8. The summed E-state index contributed by atoms with van der Waals surface area (Å²) in [5.74, 6) is 1.15. The van der Waals surface area contributed by atoms with Gasteiger partial charge in [-0.2, -0.15) is 0 Å². The van der Waals surface area contributed by atoms with Crippen molar-refractivity contribution in [3.63, 3.8) is 0 Å². The molecule has 1 atom stereocenters. The second-order valence-electron chi connectivity index (χ2n) is 6.93. The third kappa shape index (κ3) is 3.08. The van der Waals surface area contributed by atoms with Gasteiger partial charge in [-0.25, -0.2) is 0 Å². The van der Waals surface area contributed by atoms with Crippen LogP contribution in [0.3, 0.4) is 0 Å². The highest BCUT2D eigenvalue weighted by Gasteiger charge is 2.40. The molecule has 1 heteroatoms. The molecule has 0 aromatic heterocycles. The quantitative estimate of drug-likeness (QED) is 0.634. The number of rotatable bonds is 5. The summed E-state index contributed by atoms with van der Waals surface area (Å²) in [7, 11) is 0. The minimum atomic E-state index is 0.223. The number of hydrogen-bond acceptors (Lipinski definition) is 1. The molecule has 0 aliphatic heterocycles. The number of allylic oxidation sites excluding steroid dienone is 5. The van der Waals surface area contributed by atoms with Gasteiger partial charge in [0.2, 0.25) is 0 Å². The van der Waals surface area contributed by atoms with Crippen LogP contribution in [0.1, 0.15) is 51.9 Å². The SMILES string of the molecule is C=CCC1(CC=C)CCC(C2(C)C=CC(O)=CC2)CC1. The van der Waals surface area contributed by atoms with Gasteiger partial charge in [0.1, 0.15) is 5.76 Å². The van der Waals surface area contributed by atoms with Crippen molar-refractivity contribution in [1.82, 2.24) is 0 Å². The van der Waals surface area contributed by atoms with Crippen LogP contribution in [0.25, 0.3) is 0 Å². The Kier molecular flexibility index (Phi) is 4.57. The molecule has 1 unspecified atom stereocenters. The highest BCUT2D eigenvalue weighted by atomic mass is 16.3. The minimum Gasteiger partial charge on any atom is -0.508 e. The fourth-order valence-corrected chi connectivity index (χ4v) is 4.03. The fraction of sp³-hybridized carbons (Fsp3) is 0.579. The standard InChI is InChI=1S/C19H28O/c1-4-10-19(11-5-2)14-6-16(7-15-19)18(3)12-8-17(20)9-13-18/h4-5,8-9,12,16,20H,1-2,6-7,10-11,13-15H2,3H3. The van der Waals surface area contributed by atoms with E-state index in [-0.39, 0.29) is 5.41 Å². The molecule has 2 rings (SSSR count). The Balaban J connectivity index is 2.02.